The number of carbonyl (C=O) groups is 1. The summed E-state index contributed by atoms with van der Waals surface area (Å²) in [7, 11) is 1.84. The summed E-state index contributed by atoms with van der Waals surface area (Å²) in [4.78, 5) is 15.6. The van der Waals surface area contributed by atoms with E-state index in [-0.39, 0.29) is 5.82 Å². The number of rotatable bonds is 2. The molecule has 98 valence electrons. The van der Waals surface area contributed by atoms with Crippen LogP contribution in [-0.2, 0) is 18.3 Å². The summed E-state index contributed by atoms with van der Waals surface area (Å²) in [6.07, 6.45) is 1.29. The second-order valence-corrected chi connectivity index (χ2v) is 4.77. The first-order valence-electron chi connectivity index (χ1n) is 6.12. The predicted molar refractivity (Wildman–Crippen MR) is 67.3 cm³/mol. The second-order valence-electron chi connectivity index (χ2n) is 4.77. The summed E-state index contributed by atoms with van der Waals surface area (Å²) in [5.74, 6) is -1.09. The Morgan fingerprint density at radius 3 is 3.00 bits per heavy atom. The molecule has 5 heteroatoms. The predicted octanol–water partition coefficient (Wildman–Crippen LogP) is 2.34. The Balaban J connectivity index is 2.11. The van der Waals surface area contributed by atoms with Crippen LogP contribution >= 0.6 is 0 Å². The quantitative estimate of drug-likeness (QED) is 0.901. The van der Waals surface area contributed by atoms with Crippen LogP contribution in [0.1, 0.15) is 23.7 Å². The van der Waals surface area contributed by atoms with E-state index in [0.29, 0.717) is 29.9 Å². The van der Waals surface area contributed by atoms with Gasteiger partial charge in [0.05, 0.1) is 5.69 Å². The van der Waals surface area contributed by atoms with Gasteiger partial charge in [0.25, 0.3) is 0 Å². The van der Waals surface area contributed by atoms with Crippen LogP contribution in [0.25, 0.3) is 11.4 Å². The first-order valence-corrected chi connectivity index (χ1v) is 6.12. The number of carboxylic acid groups (broad SMARTS) is 1. The lowest BCUT2D eigenvalue weighted by Gasteiger charge is -2.05. The molecule has 1 N–H and O–H groups in total. The van der Waals surface area contributed by atoms with Crippen molar-refractivity contribution in [2.75, 3.05) is 0 Å². The highest BCUT2D eigenvalue weighted by Crippen LogP contribution is 2.35. The molecule has 0 fully saturated rings. The molecule has 1 atom stereocenters. The molecule has 0 aliphatic heterocycles. The van der Waals surface area contributed by atoms with Gasteiger partial charge in [-0.05, 0) is 25.0 Å². The van der Waals surface area contributed by atoms with Gasteiger partial charge in [0, 0.05) is 18.3 Å². The van der Waals surface area contributed by atoms with E-state index in [0.717, 1.165) is 5.69 Å². The molecule has 1 aliphatic carbocycles. The Labute approximate surface area is 109 Å². The van der Waals surface area contributed by atoms with E-state index < -0.39 is 11.9 Å². The van der Waals surface area contributed by atoms with Crippen LogP contribution in [0.3, 0.4) is 0 Å². The van der Waals surface area contributed by atoms with Crippen LogP contribution in [0.4, 0.5) is 4.39 Å². The standard InChI is InChI=1S/C14H13FN2O2/c1-17-11-6-5-10(14(18)19)12(11)16-13(17)8-3-2-4-9(15)7-8/h2-4,7,10H,5-6H2,1H3,(H,18,19). The molecule has 3 rings (SSSR count). The van der Waals surface area contributed by atoms with Crippen LogP contribution in [0, 0.1) is 5.82 Å². The third-order valence-corrected chi connectivity index (χ3v) is 3.63. The monoisotopic (exact) mass is 260 g/mol. The van der Waals surface area contributed by atoms with Crippen molar-refractivity contribution in [1.82, 2.24) is 9.55 Å². The molecular weight excluding hydrogens is 247 g/mol. The van der Waals surface area contributed by atoms with Crippen molar-refractivity contribution in [3.05, 3.63) is 41.5 Å². The van der Waals surface area contributed by atoms with Crippen molar-refractivity contribution in [1.29, 1.82) is 0 Å². The highest BCUT2D eigenvalue weighted by Gasteiger charge is 2.33. The Morgan fingerprint density at radius 1 is 1.53 bits per heavy atom. The van der Waals surface area contributed by atoms with Crippen molar-refractivity contribution in [3.63, 3.8) is 0 Å². The largest absolute Gasteiger partial charge is 0.481 e. The number of hydrogen-bond donors (Lipinski definition) is 1. The number of carboxylic acids is 1. The summed E-state index contributed by atoms with van der Waals surface area (Å²) in [6, 6.07) is 6.18. The fraction of sp³-hybridized carbons (Fsp3) is 0.286. The van der Waals surface area contributed by atoms with Gasteiger partial charge in [-0.2, -0.15) is 0 Å². The normalized spacial score (nSPS) is 17.5. The topological polar surface area (TPSA) is 55.1 Å². The molecule has 1 heterocycles. The fourth-order valence-corrected chi connectivity index (χ4v) is 2.67. The van der Waals surface area contributed by atoms with E-state index in [1.54, 1.807) is 12.1 Å². The zero-order chi connectivity index (χ0) is 13.6. The minimum absolute atomic E-state index is 0.324. The summed E-state index contributed by atoms with van der Waals surface area (Å²) >= 11 is 0. The smallest absolute Gasteiger partial charge is 0.312 e. The molecule has 0 saturated carbocycles. The van der Waals surface area contributed by atoms with Crippen LogP contribution in [0.5, 0.6) is 0 Å². The van der Waals surface area contributed by atoms with Crippen molar-refractivity contribution in [3.8, 4) is 11.4 Å². The Kier molecular flexibility index (Phi) is 2.62. The van der Waals surface area contributed by atoms with Crippen LogP contribution in [0.15, 0.2) is 24.3 Å². The van der Waals surface area contributed by atoms with Gasteiger partial charge < -0.3 is 9.67 Å². The maximum Gasteiger partial charge on any atom is 0.312 e. The Bertz CT molecular complexity index is 663. The van der Waals surface area contributed by atoms with E-state index in [9.17, 15) is 9.18 Å². The zero-order valence-electron chi connectivity index (χ0n) is 10.4. The molecule has 1 unspecified atom stereocenters. The van der Waals surface area contributed by atoms with Gasteiger partial charge in [-0.25, -0.2) is 9.37 Å². The minimum Gasteiger partial charge on any atom is -0.481 e. The molecule has 0 saturated heterocycles. The van der Waals surface area contributed by atoms with Gasteiger partial charge >= 0.3 is 5.97 Å². The molecule has 0 radical (unpaired) electrons. The van der Waals surface area contributed by atoms with Crippen LogP contribution in [0.2, 0.25) is 0 Å². The van der Waals surface area contributed by atoms with Crippen molar-refractivity contribution in [2.45, 2.75) is 18.8 Å². The third kappa shape index (κ3) is 1.82. The molecule has 19 heavy (non-hydrogen) atoms. The number of nitrogens with zero attached hydrogens (tertiary/aromatic N) is 2. The SMILES string of the molecule is Cn1c(-c2cccc(F)c2)nc2c1CCC2C(=O)O. The second kappa shape index (κ2) is 4.19. The zero-order valence-corrected chi connectivity index (χ0v) is 10.4. The molecule has 0 spiro atoms. The first-order chi connectivity index (χ1) is 9.08. The van der Waals surface area contributed by atoms with Gasteiger partial charge in [-0.3, -0.25) is 4.79 Å². The molecular formula is C14H13FN2O2. The van der Waals surface area contributed by atoms with E-state index in [1.165, 1.54) is 12.1 Å². The first kappa shape index (κ1) is 11.9. The molecule has 0 bridgehead atoms. The third-order valence-electron chi connectivity index (χ3n) is 3.63. The summed E-state index contributed by atoms with van der Waals surface area (Å²) < 4.78 is 15.1. The molecule has 1 aromatic carbocycles. The van der Waals surface area contributed by atoms with Gasteiger partial charge in [-0.1, -0.05) is 12.1 Å². The van der Waals surface area contributed by atoms with Gasteiger partial charge in [-0.15, -0.1) is 0 Å². The van der Waals surface area contributed by atoms with Crippen molar-refractivity contribution < 1.29 is 14.3 Å². The van der Waals surface area contributed by atoms with Gasteiger partial charge in [0.2, 0.25) is 0 Å². The maximum absolute atomic E-state index is 13.3. The molecule has 0 amide bonds. The van der Waals surface area contributed by atoms with Crippen molar-refractivity contribution >= 4 is 5.97 Å². The van der Waals surface area contributed by atoms with Crippen LogP contribution in [-0.4, -0.2) is 20.6 Å². The molecule has 2 aromatic rings. The van der Waals surface area contributed by atoms with E-state index in [4.69, 9.17) is 5.11 Å². The lowest BCUT2D eigenvalue weighted by molar-refractivity contribution is -0.138. The summed E-state index contributed by atoms with van der Waals surface area (Å²) in [6.45, 7) is 0. The van der Waals surface area contributed by atoms with Crippen molar-refractivity contribution in [2.24, 2.45) is 7.05 Å². The molecule has 1 aromatic heterocycles. The minimum atomic E-state index is -0.845. The van der Waals surface area contributed by atoms with E-state index in [2.05, 4.69) is 4.98 Å². The lowest BCUT2D eigenvalue weighted by Crippen LogP contribution is -2.08. The van der Waals surface area contributed by atoms with Gasteiger partial charge in [0.1, 0.15) is 17.6 Å². The average molecular weight is 260 g/mol. The van der Waals surface area contributed by atoms with E-state index >= 15 is 0 Å². The van der Waals surface area contributed by atoms with Crippen LogP contribution < -0.4 is 0 Å². The number of aromatic nitrogens is 2. The summed E-state index contributed by atoms with van der Waals surface area (Å²) in [5, 5.41) is 9.17. The Morgan fingerprint density at radius 2 is 2.32 bits per heavy atom. The maximum atomic E-state index is 13.3. The highest BCUT2D eigenvalue weighted by atomic mass is 19.1. The number of benzene rings is 1. The number of halogens is 1. The number of aliphatic carboxylic acids is 1. The fourth-order valence-electron chi connectivity index (χ4n) is 2.67. The number of fused-ring (bicyclic) bond motifs is 1. The van der Waals surface area contributed by atoms with Gasteiger partial charge in [0.15, 0.2) is 0 Å². The number of hydrogen-bond acceptors (Lipinski definition) is 2. The number of imidazole rings is 1. The highest BCUT2D eigenvalue weighted by molar-refractivity contribution is 5.77. The lowest BCUT2D eigenvalue weighted by atomic mass is 10.1. The Hall–Kier alpha value is -2.17. The molecule has 1 aliphatic rings. The van der Waals surface area contributed by atoms with E-state index in [1.807, 2.05) is 11.6 Å². The summed E-state index contributed by atoms with van der Waals surface area (Å²) in [5.41, 5.74) is 2.22. The molecule has 4 nitrogen and oxygen atoms in total. The average Bonchev–Trinajstić information content (AvgIpc) is 2.90.